The standard InChI is InChI=1S/C31H27ClN2O5S/c1-4-38-30(36)27-19(2)33-31-34(28(27)22-8-6-9-24(17-22)37-3)29(35)26(40-31)16-21-7-5-10-25(15-21)39-18-20-11-13-23(32)14-12-20/h5-17,28H,4,18H2,1-3H3/b26-16-/t28-/m0/s1. The van der Waals surface area contributed by atoms with Gasteiger partial charge in [0.15, 0.2) is 4.80 Å². The highest BCUT2D eigenvalue weighted by Gasteiger charge is 2.33. The number of rotatable bonds is 8. The first kappa shape index (κ1) is 27.4. The SMILES string of the molecule is CCOC(=O)C1=C(C)N=c2s/c(=C\c3cccc(OCc4ccc(Cl)cc4)c3)c(=O)n2[C@H]1c1cccc(OC)c1. The highest BCUT2D eigenvalue weighted by molar-refractivity contribution is 7.07. The van der Waals surface area contributed by atoms with Crippen LogP contribution in [0.15, 0.2) is 93.9 Å². The predicted octanol–water partition coefficient (Wildman–Crippen LogP) is 5.04. The molecular weight excluding hydrogens is 548 g/mol. The molecule has 1 aliphatic heterocycles. The van der Waals surface area contributed by atoms with Gasteiger partial charge in [-0.15, -0.1) is 0 Å². The molecule has 0 bridgehead atoms. The van der Waals surface area contributed by atoms with Crippen LogP contribution in [0.1, 0.15) is 36.6 Å². The van der Waals surface area contributed by atoms with Crippen molar-refractivity contribution in [3.05, 3.63) is 125 Å². The molecule has 0 spiro atoms. The maximum absolute atomic E-state index is 13.8. The minimum absolute atomic E-state index is 0.210. The number of carbonyl (C=O) groups excluding carboxylic acids is 1. The molecule has 0 aliphatic carbocycles. The Kier molecular flexibility index (Phi) is 8.19. The Morgan fingerprint density at radius 1 is 1.07 bits per heavy atom. The molecule has 9 heteroatoms. The van der Waals surface area contributed by atoms with Crippen LogP contribution in [0.4, 0.5) is 0 Å². The van der Waals surface area contributed by atoms with Crippen LogP contribution in [0.25, 0.3) is 6.08 Å². The fourth-order valence-electron chi connectivity index (χ4n) is 4.51. The van der Waals surface area contributed by atoms with Crippen molar-refractivity contribution in [3.8, 4) is 11.5 Å². The molecule has 1 aliphatic rings. The average molecular weight is 575 g/mol. The van der Waals surface area contributed by atoms with E-state index in [-0.39, 0.29) is 12.2 Å². The van der Waals surface area contributed by atoms with Crippen molar-refractivity contribution >= 4 is 35.0 Å². The number of aromatic nitrogens is 1. The van der Waals surface area contributed by atoms with Gasteiger partial charge in [-0.2, -0.15) is 0 Å². The van der Waals surface area contributed by atoms with Crippen LogP contribution in [-0.2, 0) is 16.1 Å². The lowest BCUT2D eigenvalue weighted by Crippen LogP contribution is -2.39. The molecule has 5 rings (SSSR count). The number of hydrogen-bond donors (Lipinski definition) is 0. The number of hydrogen-bond acceptors (Lipinski definition) is 7. The summed E-state index contributed by atoms with van der Waals surface area (Å²) in [7, 11) is 1.57. The van der Waals surface area contributed by atoms with E-state index >= 15 is 0 Å². The van der Waals surface area contributed by atoms with E-state index in [2.05, 4.69) is 4.99 Å². The molecule has 0 saturated carbocycles. The Labute approximate surface area is 240 Å². The second-order valence-electron chi connectivity index (χ2n) is 9.07. The van der Waals surface area contributed by atoms with Gasteiger partial charge in [-0.1, -0.05) is 59.3 Å². The van der Waals surface area contributed by atoms with Gasteiger partial charge in [0.1, 0.15) is 18.1 Å². The van der Waals surface area contributed by atoms with Gasteiger partial charge in [0, 0.05) is 5.02 Å². The number of nitrogens with zero attached hydrogens (tertiary/aromatic N) is 2. The van der Waals surface area contributed by atoms with Crippen molar-refractivity contribution < 1.29 is 19.0 Å². The Morgan fingerprint density at radius 3 is 2.58 bits per heavy atom. The average Bonchev–Trinajstić information content (AvgIpc) is 3.26. The molecule has 7 nitrogen and oxygen atoms in total. The van der Waals surface area contributed by atoms with Gasteiger partial charge >= 0.3 is 5.97 Å². The maximum Gasteiger partial charge on any atom is 0.338 e. The van der Waals surface area contributed by atoms with Crippen LogP contribution in [-0.4, -0.2) is 24.3 Å². The number of methoxy groups -OCH3 is 1. The predicted molar refractivity (Wildman–Crippen MR) is 156 cm³/mol. The summed E-state index contributed by atoms with van der Waals surface area (Å²) in [5, 5.41) is 0.672. The summed E-state index contributed by atoms with van der Waals surface area (Å²) in [5.41, 5.74) is 3.11. The van der Waals surface area contributed by atoms with E-state index in [0.29, 0.717) is 43.7 Å². The topological polar surface area (TPSA) is 79.1 Å². The number of thiazole rings is 1. The lowest BCUT2D eigenvalue weighted by molar-refractivity contribution is -0.139. The summed E-state index contributed by atoms with van der Waals surface area (Å²) in [6.07, 6.45) is 1.81. The van der Waals surface area contributed by atoms with Crippen molar-refractivity contribution in [3.63, 3.8) is 0 Å². The molecule has 4 aromatic rings. The fourth-order valence-corrected chi connectivity index (χ4v) is 5.68. The van der Waals surface area contributed by atoms with E-state index in [1.165, 1.54) is 11.3 Å². The van der Waals surface area contributed by atoms with Gasteiger partial charge in [-0.3, -0.25) is 9.36 Å². The van der Waals surface area contributed by atoms with Crippen LogP contribution < -0.4 is 24.4 Å². The van der Waals surface area contributed by atoms with E-state index in [9.17, 15) is 9.59 Å². The Bertz CT molecular complexity index is 1770. The number of carbonyl (C=O) groups is 1. The summed E-state index contributed by atoms with van der Waals surface area (Å²) in [6, 6.07) is 21.6. The van der Waals surface area contributed by atoms with Crippen molar-refractivity contribution in [2.24, 2.45) is 4.99 Å². The normalized spacial score (nSPS) is 14.9. The minimum Gasteiger partial charge on any atom is -0.497 e. The molecule has 1 atom stereocenters. The third-order valence-electron chi connectivity index (χ3n) is 6.40. The first-order valence-corrected chi connectivity index (χ1v) is 13.9. The third kappa shape index (κ3) is 5.73. The molecule has 40 heavy (non-hydrogen) atoms. The highest BCUT2D eigenvalue weighted by atomic mass is 35.5. The molecule has 0 radical (unpaired) electrons. The number of benzene rings is 3. The lowest BCUT2D eigenvalue weighted by atomic mass is 9.95. The van der Waals surface area contributed by atoms with Crippen LogP contribution in [0.5, 0.6) is 11.5 Å². The quantitative estimate of drug-likeness (QED) is 0.276. The van der Waals surface area contributed by atoms with E-state index in [1.54, 1.807) is 25.5 Å². The van der Waals surface area contributed by atoms with E-state index in [1.807, 2.05) is 78.9 Å². The van der Waals surface area contributed by atoms with Crippen LogP contribution in [0.3, 0.4) is 0 Å². The van der Waals surface area contributed by atoms with E-state index < -0.39 is 12.0 Å². The van der Waals surface area contributed by atoms with Gasteiger partial charge in [0.05, 0.1) is 35.6 Å². The maximum atomic E-state index is 13.8. The minimum atomic E-state index is -0.707. The molecular formula is C31H27ClN2O5S. The molecule has 0 fully saturated rings. The first-order chi connectivity index (χ1) is 19.4. The largest absolute Gasteiger partial charge is 0.497 e. The van der Waals surface area contributed by atoms with Crippen LogP contribution >= 0.6 is 22.9 Å². The highest BCUT2D eigenvalue weighted by Crippen LogP contribution is 2.32. The third-order valence-corrected chi connectivity index (χ3v) is 7.64. The summed E-state index contributed by atoms with van der Waals surface area (Å²) >= 11 is 7.24. The Balaban J connectivity index is 1.55. The zero-order valence-electron chi connectivity index (χ0n) is 22.2. The monoisotopic (exact) mass is 574 g/mol. The number of fused-ring (bicyclic) bond motifs is 1. The molecule has 2 heterocycles. The first-order valence-electron chi connectivity index (χ1n) is 12.7. The van der Waals surface area contributed by atoms with Crippen molar-refractivity contribution in [2.75, 3.05) is 13.7 Å². The summed E-state index contributed by atoms with van der Waals surface area (Å²) in [6.45, 7) is 4.11. The fraction of sp³-hybridized carbons (Fsp3) is 0.194. The Morgan fingerprint density at radius 2 is 1.82 bits per heavy atom. The second kappa shape index (κ2) is 11.9. The smallest absolute Gasteiger partial charge is 0.338 e. The van der Waals surface area contributed by atoms with Gasteiger partial charge < -0.3 is 14.2 Å². The van der Waals surface area contributed by atoms with Gasteiger partial charge in [0.2, 0.25) is 0 Å². The lowest BCUT2D eigenvalue weighted by Gasteiger charge is -2.25. The molecule has 3 aromatic carbocycles. The number of allylic oxidation sites excluding steroid dienone is 1. The van der Waals surface area contributed by atoms with E-state index in [0.717, 1.165) is 16.7 Å². The zero-order valence-corrected chi connectivity index (χ0v) is 23.8. The number of ether oxygens (including phenoxy) is 3. The van der Waals surface area contributed by atoms with Crippen molar-refractivity contribution in [2.45, 2.75) is 26.5 Å². The molecule has 0 amide bonds. The van der Waals surface area contributed by atoms with Gasteiger partial charge in [-0.25, -0.2) is 9.79 Å². The molecule has 0 N–H and O–H groups in total. The number of halogens is 1. The summed E-state index contributed by atoms with van der Waals surface area (Å²) < 4.78 is 18.8. The van der Waals surface area contributed by atoms with Crippen LogP contribution in [0.2, 0.25) is 5.02 Å². The number of esters is 1. The molecule has 0 unspecified atom stereocenters. The zero-order chi connectivity index (χ0) is 28.2. The van der Waals surface area contributed by atoms with Crippen molar-refractivity contribution in [1.29, 1.82) is 0 Å². The molecule has 1 aromatic heterocycles. The second-order valence-corrected chi connectivity index (χ2v) is 10.5. The van der Waals surface area contributed by atoms with E-state index in [4.69, 9.17) is 25.8 Å². The van der Waals surface area contributed by atoms with Crippen LogP contribution in [0, 0.1) is 0 Å². The van der Waals surface area contributed by atoms with Crippen molar-refractivity contribution in [1.82, 2.24) is 4.57 Å². The Hall–Kier alpha value is -4.14. The van der Waals surface area contributed by atoms with Gasteiger partial charge in [0.25, 0.3) is 5.56 Å². The molecule has 204 valence electrons. The van der Waals surface area contributed by atoms with Gasteiger partial charge in [-0.05, 0) is 73.0 Å². The summed E-state index contributed by atoms with van der Waals surface area (Å²) in [5.74, 6) is 0.787. The molecule has 0 saturated heterocycles. The summed E-state index contributed by atoms with van der Waals surface area (Å²) in [4.78, 5) is 32.1.